The predicted octanol–water partition coefficient (Wildman–Crippen LogP) is 22.6. The largest absolute Gasteiger partial charge is 0.472 e. The van der Waals surface area contributed by atoms with Gasteiger partial charge in [-0.2, -0.15) is 0 Å². The van der Waals surface area contributed by atoms with Gasteiger partial charge in [-0.15, -0.1) is 0 Å². The van der Waals surface area contributed by atoms with E-state index in [2.05, 4.69) is 67.8 Å². The Labute approximate surface area is 505 Å². The number of aliphatic hydroxyl groups excluding tert-OH is 1. The maximum absolute atomic E-state index is 13.1. The summed E-state index contributed by atoms with van der Waals surface area (Å²) >= 11 is 0. The number of phosphoric acid groups is 1. The number of aliphatic hydroxyl groups is 1. The van der Waals surface area contributed by atoms with Gasteiger partial charge < -0.3 is 19.8 Å². The van der Waals surface area contributed by atoms with Crippen molar-refractivity contribution in [3.05, 3.63) is 48.6 Å². The summed E-state index contributed by atoms with van der Waals surface area (Å²) in [4.78, 5) is 23.4. The maximum Gasteiger partial charge on any atom is 0.472 e. The molecule has 0 bridgehead atoms. The van der Waals surface area contributed by atoms with Gasteiger partial charge in [-0.05, 0) is 51.4 Å². The van der Waals surface area contributed by atoms with Gasteiger partial charge in [0.15, 0.2) is 0 Å². The van der Waals surface area contributed by atoms with E-state index < -0.39 is 20.0 Å². The molecular formula is C72H140N2O6P+. The Morgan fingerprint density at radius 2 is 0.741 bits per heavy atom. The lowest BCUT2D eigenvalue weighted by molar-refractivity contribution is -0.870. The summed E-state index contributed by atoms with van der Waals surface area (Å²) < 4.78 is 23.9. The average molecular weight is 1160 g/mol. The van der Waals surface area contributed by atoms with Crippen LogP contribution in [0.2, 0.25) is 0 Å². The van der Waals surface area contributed by atoms with E-state index in [4.69, 9.17) is 9.05 Å². The molecule has 3 N–H and O–H groups in total. The second-order valence-corrected chi connectivity index (χ2v) is 27.0. The standard InChI is InChI=1S/C72H139N2O6P/c1-6-8-10-12-14-16-18-20-22-24-26-28-29-30-31-32-33-34-35-36-37-38-39-40-41-42-43-44-45-46-48-50-52-54-56-58-60-62-64-66-72(76)73-70(69-80-81(77,78)79-68-67-74(3,4)5)71(75)65-63-61-59-57-55-53-51-49-47-27-25-23-21-19-17-15-13-11-9-7-2/h8,10,14,16,20,22,26,28,70-71,75H,6-7,9,11-13,15,17-19,21,23-25,27,29-69H2,1-5H3,(H-,73,76,77,78)/p+1/b10-8-,16-14-,22-20-,28-26-. The monoisotopic (exact) mass is 1160 g/mol. The van der Waals surface area contributed by atoms with Crippen LogP contribution in [0.3, 0.4) is 0 Å². The summed E-state index contributed by atoms with van der Waals surface area (Å²) in [6.07, 6.45) is 85.1. The van der Waals surface area contributed by atoms with Crippen LogP contribution in [0.15, 0.2) is 48.6 Å². The highest BCUT2D eigenvalue weighted by Crippen LogP contribution is 2.43. The van der Waals surface area contributed by atoms with Crippen molar-refractivity contribution < 1.29 is 32.9 Å². The lowest BCUT2D eigenvalue weighted by Crippen LogP contribution is -2.46. The number of carbonyl (C=O) groups is 1. The third kappa shape index (κ3) is 65.9. The Balaban J connectivity index is 3.90. The normalized spacial score (nSPS) is 13.9. The van der Waals surface area contributed by atoms with Crippen molar-refractivity contribution in [2.75, 3.05) is 40.9 Å². The Morgan fingerprint density at radius 1 is 0.432 bits per heavy atom. The van der Waals surface area contributed by atoms with E-state index in [-0.39, 0.29) is 19.1 Å². The number of unbranched alkanes of at least 4 members (excludes halogenated alkanes) is 45. The third-order valence-corrected chi connectivity index (χ3v) is 17.3. The fraction of sp³-hybridized carbons (Fsp3) is 0.875. The first-order chi connectivity index (χ1) is 39.5. The third-order valence-electron chi connectivity index (χ3n) is 16.3. The van der Waals surface area contributed by atoms with Gasteiger partial charge in [0.25, 0.3) is 0 Å². The average Bonchev–Trinajstić information content (AvgIpc) is 3.43. The van der Waals surface area contributed by atoms with Crippen molar-refractivity contribution in [1.29, 1.82) is 0 Å². The van der Waals surface area contributed by atoms with E-state index in [1.165, 1.54) is 263 Å². The summed E-state index contributed by atoms with van der Waals surface area (Å²) in [6, 6.07) is -0.760. The van der Waals surface area contributed by atoms with E-state index in [1.807, 2.05) is 21.1 Å². The van der Waals surface area contributed by atoms with Gasteiger partial charge in [0.1, 0.15) is 13.2 Å². The molecule has 0 rings (SSSR count). The van der Waals surface area contributed by atoms with Gasteiger partial charge in [-0.1, -0.05) is 345 Å². The molecule has 0 saturated carbocycles. The van der Waals surface area contributed by atoms with E-state index in [1.54, 1.807) is 0 Å². The minimum absolute atomic E-state index is 0.0771. The van der Waals surface area contributed by atoms with Crippen LogP contribution in [0.1, 0.15) is 354 Å². The van der Waals surface area contributed by atoms with Gasteiger partial charge in [-0.3, -0.25) is 13.8 Å². The molecule has 81 heavy (non-hydrogen) atoms. The van der Waals surface area contributed by atoms with Crippen LogP contribution in [0.25, 0.3) is 0 Å². The first-order valence-electron chi connectivity index (χ1n) is 35.5. The van der Waals surface area contributed by atoms with Gasteiger partial charge >= 0.3 is 7.82 Å². The Kier molecular flexibility index (Phi) is 61.8. The minimum atomic E-state index is -4.33. The number of nitrogens with zero attached hydrogens (tertiary/aromatic N) is 1. The molecule has 478 valence electrons. The summed E-state index contributed by atoms with van der Waals surface area (Å²) in [5.41, 5.74) is 0. The summed E-state index contributed by atoms with van der Waals surface area (Å²) in [6.45, 7) is 4.83. The summed E-state index contributed by atoms with van der Waals surface area (Å²) in [5.74, 6) is -0.136. The molecular weight excluding hydrogens is 1020 g/mol. The zero-order valence-electron chi connectivity index (χ0n) is 54.8. The molecule has 0 aliphatic carbocycles. The van der Waals surface area contributed by atoms with E-state index >= 15 is 0 Å². The molecule has 1 amide bonds. The highest BCUT2D eigenvalue weighted by Gasteiger charge is 2.28. The minimum Gasteiger partial charge on any atom is -0.391 e. The molecule has 0 spiro atoms. The molecule has 0 aromatic carbocycles. The lowest BCUT2D eigenvalue weighted by Gasteiger charge is -2.26. The van der Waals surface area contributed by atoms with Crippen molar-refractivity contribution in [2.45, 2.75) is 366 Å². The van der Waals surface area contributed by atoms with Crippen molar-refractivity contribution >= 4 is 13.7 Å². The number of nitrogens with one attached hydrogen (secondary N) is 1. The molecule has 3 atom stereocenters. The molecule has 3 unspecified atom stereocenters. The highest BCUT2D eigenvalue weighted by atomic mass is 31.2. The van der Waals surface area contributed by atoms with Crippen molar-refractivity contribution in [3.63, 3.8) is 0 Å². The topological polar surface area (TPSA) is 105 Å². The van der Waals surface area contributed by atoms with Crippen LogP contribution >= 0.6 is 7.82 Å². The van der Waals surface area contributed by atoms with E-state index in [0.717, 1.165) is 64.2 Å². The van der Waals surface area contributed by atoms with Crippen molar-refractivity contribution in [1.82, 2.24) is 5.32 Å². The number of hydrogen-bond donors (Lipinski definition) is 3. The number of phosphoric ester groups is 1. The second kappa shape index (κ2) is 63.0. The molecule has 0 radical (unpaired) electrons. The van der Waals surface area contributed by atoms with Gasteiger partial charge in [-0.25, -0.2) is 4.57 Å². The number of rotatable bonds is 66. The fourth-order valence-corrected chi connectivity index (χ4v) is 11.6. The predicted molar refractivity (Wildman–Crippen MR) is 355 cm³/mol. The quantitative estimate of drug-likeness (QED) is 0.0243. The van der Waals surface area contributed by atoms with Crippen LogP contribution < -0.4 is 5.32 Å². The fourth-order valence-electron chi connectivity index (χ4n) is 10.9. The molecule has 0 heterocycles. The number of allylic oxidation sites excluding steroid dienone is 8. The molecule has 0 fully saturated rings. The lowest BCUT2D eigenvalue weighted by atomic mass is 10.0. The molecule has 9 heteroatoms. The van der Waals surface area contributed by atoms with Gasteiger partial charge in [0.2, 0.25) is 5.91 Å². The number of likely N-dealkylation sites (N-methyl/N-ethyl adjacent to an activating group) is 1. The summed E-state index contributed by atoms with van der Waals surface area (Å²) in [7, 11) is 1.63. The Hall–Kier alpha value is -1.54. The van der Waals surface area contributed by atoms with Crippen LogP contribution in [0.4, 0.5) is 0 Å². The molecule has 0 aromatic heterocycles. The zero-order chi connectivity index (χ0) is 59.1. The summed E-state index contributed by atoms with van der Waals surface area (Å²) in [5, 5.41) is 14.1. The molecule has 0 aliphatic heterocycles. The zero-order valence-corrected chi connectivity index (χ0v) is 55.7. The Morgan fingerprint density at radius 3 is 1.09 bits per heavy atom. The van der Waals surface area contributed by atoms with Gasteiger partial charge in [0.05, 0.1) is 39.9 Å². The number of amides is 1. The van der Waals surface area contributed by atoms with Crippen LogP contribution in [0.5, 0.6) is 0 Å². The van der Waals surface area contributed by atoms with Gasteiger partial charge in [0, 0.05) is 6.42 Å². The Bertz CT molecular complexity index is 1460. The number of quaternary nitrogens is 1. The smallest absolute Gasteiger partial charge is 0.391 e. The van der Waals surface area contributed by atoms with E-state index in [9.17, 15) is 19.4 Å². The molecule has 0 aromatic rings. The highest BCUT2D eigenvalue weighted by molar-refractivity contribution is 7.47. The van der Waals surface area contributed by atoms with E-state index in [0.29, 0.717) is 23.9 Å². The first kappa shape index (κ1) is 79.5. The molecule has 0 saturated heterocycles. The van der Waals surface area contributed by atoms with Crippen LogP contribution in [0, 0.1) is 0 Å². The SMILES string of the molecule is CC/C=C\C/C=C\C/C=C\C/C=C\CCCCCCCCCCCCCCCCCCCCCCCCCCCCC(=O)NC(COP(=O)(O)OCC[N+](C)(C)C)C(O)CCCCCCCCCCCCCCCCCCCCCC. The molecule has 0 aliphatic rings. The van der Waals surface area contributed by atoms with Crippen molar-refractivity contribution in [2.24, 2.45) is 0 Å². The number of hydrogen-bond acceptors (Lipinski definition) is 5. The number of carbonyl (C=O) groups excluding carboxylic acids is 1. The molecule has 8 nitrogen and oxygen atoms in total. The maximum atomic E-state index is 13.1. The van der Waals surface area contributed by atoms with Crippen LogP contribution in [-0.2, 0) is 18.4 Å². The first-order valence-corrected chi connectivity index (χ1v) is 37.0. The van der Waals surface area contributed by atoms with Crippen LogP contribution in [-0.4, -0.2) is 73.4 Å². The second-order valence-electron chi connectivity index (χ2n) is 25.6. The van der Waals surface area contributed by atoms with Crippen molar-refractivity contribution in [3.8, 4) is 0 Å².